The van der Waals surface area contributed by atoms with E-state index >= 15 is 0 Å². The number of aryl methyl sites for hydroxylation is 2. The Morgan fingerprint density at radius 3 is 2.27 bits per heavy atom. The molecular weight excluding hydrogens is 318 g/mol. The number of nitrogens with zero attached hydrogens (tertiary/aromatic N) is 1. The molecule has 0 radical (unpaired) electrons. The Balaban J connectivity index is 1.95. The predicted molar refractivity (Wildman–Crippen MR) is 109 cm³/mol. The van der Waals surface area contributed by atoms with Gasteiger partial charge in [0.2, 0.25) is 0 Å². The Bertz CT molecular complexity index is 904. The normalized spacial score (nSPS) is 16.7. The molecule has 26 heavy (non-hydrogen) atoms. The number of phenols is 1. The Labute approximate surface area is 156 Å². The second kappa shape index (κ2) is 7.13. The molecule has 1 aliphatic heterocycles. The van der Waals surface area contributed by atoms with E-state index in [-0.39, 0.29) is 6.04 Å². The van der Waals surface area contributed by atoms with Crippen molar-refractivity contribution in [1.82, 2.24) is 4.90 Å². The van der Waals surface area contributed by atoms with Crippen molar-refractivity contribution in [3.05, 3.63) is 76.9 Å². The molecule has 1 N–H and O–H groups in total. The Kier molecular flexibility index (Phi) is 4.69. The Morgan fingerprint density at radius 2 is 1.54 bits per heavy atom. The number of fused-ring (bicyclic) bond motifs is 1. The van der Waals surface area contributed by atoms with Gasteiger partial charge in [0, 0.05) is 5.56 Å². The summed E-state index contributed by atoms with van der Waals surface area (Å²) >= 11 is 0. The number of hydrogen-bond acceptors (Lipinski definition) is 2. The lowest BCUT2D eigenvalue weighted by Crippen LogP contribution is -2.34. The van der Waals surface area contributed by atoms with Crippen LogP contribution in [-0.2, 0) is 0 Å². The molecule has 1 saturated heterocycles. The van der Waals surface area contributed by atoms with E-state index in [1.807, 2.05) is 12.1 Å². The van der Waals surface area contributed by atoms with Crippen molar-refractivity contribution < 1.29 is 5.11 Å². The molecule has 2 nitrogen and oxygen atoms in total. The van der Waals surface area contributed by atoms with Gasteiger partial charge in [-0.2, -0.15) is 0 Å². The standard InChI is InChI=1S/C24H27NO/c1-17-14-18(2)16-20(15-17)24(25-12-6-3-7-13-25)23-21-9-5-4-8-19(21)10-11-22(23)26/h4-5,8-11,14-16,24,26H,3,6-7,12-13H2,1-2H3. The van der Waals surface area contributed by atoms with Crippen molar-refractivity contribution in [3.63, 3.8) is 0 Å². The molecule has 1 atom stereocenters. The molecular formula is C24H27NO. The highest BCUT2D eigenvalue weighted by Gasteiger charge is 2.28. The largest absolute Gasteiger partial charge is 0.508 e. The van der Waals surface area contributed by atoms with Crippen molar-refractivity contribution in [2.75, 3.05) is 13.1 Å². The van der Waals surface area contributed by atoms with Gasteiger partial charge in [-0.05, 0) is 62.2 Å². The zero-order valence-electron chi connectivity index (χ0n) is 15.7. The lowest BCUT2D eigenvalue weighted by Gasteiger charge is -2.36. The monoisotopic (exact) mass is 345 g/mol. The van der Waals surface area contributed by atoms with Gasteiger partial charge in [-0.1, -0.05) is 66.1 Å². The molecule has 0 saturated carbocycles. The van der Waals surface area contributed by atoms with Crippen LogP contribution in [0, 0.1) is 13.8 Å². The molecule has 0 bridgehead atoms. The van der Waals surface area contributed by atoms with Crippen LogP contribution in [0.4, 0.5) is 0 Å². The van der Waals surface area contributed by atoms with Crippen LogP contribution in [0.2, 0.25) is 0 Å². The summed E-state index contributed by atoms with van der Waals surface area (Å²) in [7, 11) is 0. The molecule has 0 amide bonds. The van der Waals surface area contributed by atoms with Gasteiger partial charge in [0.1, 0.15) is 5.75 Å². The van der Waals surface area contributed by atoms with Gasteiger partial charge in [-0.15, -0.1) is 0 Å². The van der Waals surface area contributed by atoms with Gasteiger partial charge in [0.05, 0.1) is 6.04 Å². The smallest absolute Gasteiger partial charge is 0.121 e. The minimum Gasteiger partial charge on any atom is -0.508 e. The first kappa shape index (κ1) is 17.1. The van der Waals surface area contributed by atoms with E-state index in [9.17, 15) is 5.11 Å². The van der Waals surface area contributed by atoms with Crippen LogP contribution in [0.3, 0.4) is 0 Å². The van der Waals surface area contributed by atoms with E-state index < -0.39 is 0 Å². The summed E-state index contributed by atoms with van der Waals surface area (Å²) in [6.45, 7) is 6.49. The maximum absolute atomic E-state index is 10.9. The summed E-state index contributed by atoms with van der Waals surface area (Å²) < 4.78 is 0. The minimum atomic E-state index is 0.0972. The van der Waals surface area contributed by atoms with Gasteiger partial charge in [-0.25, -0.2) is 0 Å². The molecule has 4 rings (SSSR count). The number of benzene rings is 3. The van der Waals surface area contributed by atoms with Crippen molar-refractivity contribution in [3.8, 4) is 5.75 Å². The van der Waals surface area contributed by atoms with Crippen LogP contribution in [0.5, 0.6) is 5.75 Å². The quantitative estimate of drug-likeness (QED) is 0.654. The van der Waals surface area contributed by atoms with Crippen molar-refractivity contribution in [2.45, 2.75) is 39.2 Å². The summed E-state index contributed by atoms with van der Waals surface area (Å²) in [5, 5.41) is 13.2. The number of likely N-dealkylation sites (tertiary alicyclic amines) is 1. The first-order valence-electron chi connectivity index (χ1n) is 9.66. The third kappa shape index (κ3) is 3.22. The molecule has 0 aromatic heterocycles. The lowest BCUT2D eigenvalue weighted by atomic mass is 9.89. The van der Waals surface area contributed by atoms with Crippen LogP contribution < -0.4 is 0 Å². The first-order chi connectivity index (χ1) is 12.6. The molecule has 134 valence electrons. The topological polar surface area (TPSA) is 23.5 Å². The molecule has 1 unspecified atom stereocenters. The predicted octanol–water partition coefficient (Wildman–Crippen LogP) is 5.74. The van der Waals surface area contributed by atoms with E-state index in [4.69, 9.17) is 0 Å². The fourth-order valence-electron chi connectivity index (χ4n) is 4.48. The highest BCUT2D eigenvalue weighted by molar-refractivity contribution is 5.88. The van der Waals surface area contributed by atoms with Gasteiger partial charge < -0.3 is 5.11 Å². The van der Waals surface area contributed by atoms with Crippen LogP contribution in [0.1, 0.15) is 47.6 Å². The Morgan fingerprint density at radius 1 is 0.846 bits per heavy atom. The zero-order valence-corrected chi connectivity index (χ0v) is 15.7. The molecule has 1 heterocycles. The molecule has 1 fully saturated rings. The summed E-state index contributed by atoms with van der Waals surface area (Å²) in [4.78, 5) is 2.55. The number of piperidine rings is 1. The fourth-order valence-corrected chi connectivity index (χ4v) is 4.48. The van der Waals surface area contributed by atoms with Gasteiger partial charge in [0.25, 0.3) is 0 Å². The van der Waals surface area contributed by atoms with E-state index in [0.717, 1.165) is 24.0 Å². The second-order valence-corrected chi connectivity index (χ2v) is 7.64. The van der Waals surface area contributed by atoms with Crippen LogP contribution in [0.25, 0.3) is 10.8 Å². The first-order valence-corrected chi connectivity index (χ1v) is 9.66. The van der Waals surface area contributed by atoms with Gasteiger partial charge in [-0.3, -0.25) is 4.90 Å². The molecule has 0 aliphatic carbocycles. The van der Waals surface area contributed by atoms with Gasteiger partial charge >= 0.3 is 0 Å². The maximum Gasteiger partial charge on any atom is 0.121 e. The number of phenolic OH excluding ortho intramolecular Hbond substituents is 1. The van der Waals surface area contributed by atoms with Crippen molar-refractivity contribution in [1.29, 1.82) is 0 Å². The van der Waals surface area contributed by atoms with E-state index in [0.29, 0.717) is 5.75 Å². The molecule has 0 spiro atoms. The summed E-state index contributed by atoms with van der Waals surface area (Å²) in [6.07, 6.45) is 3.76. The fraction of sp³-hybridized carbons (Fsp3) is 0.333. The van der Waals surface area contributed by atoms with E-state index in [1.54, 1.807) is 0 Å². The highest BCUT2D eigenvalue weighted by atomic mass is 16.3. The van der Waals surface area contributed by atoms with Crippen molar-refractivity contribution >= 4 is 10.8 Å². The third-order valence-corrected chi connectivity index (χ3v) is 5.54. The number of aromatic hydroxyl groups is 1. The minimum absolute atomic E-state index is 0.0972. The van der Waals surface area contributed by atoms with E-state index in [2.05, 4.69) is 61.2 Å². The average Bonchev–Trinajstić information content (AvgIpc) is 2.64. The van der Waals surface area contributed by atoms with Crippen LogP contribution in [-0.4, -0.2) is 23.1 Å². The maximum atomic E-state index is 10.9. The van der Waals surface area contributed by atoms with Gasteiger partial charge in [0.15, 0.2) is 0 Å². The molecule has 3 aromatic carbocycles. The SMILES string of the molecule is Cc1cc(C)cc(C(c2c(O)ccc3ccccc23)N2CCCCC2)c1. The molecule has 3 aromatic rings. The highest BCUT2D eigenvalue weighted by Crippen LogP contribution is 2.40. The third-order valence-electron chi connectivity index (χ3n) is 5.54. The summed E-state index contributed by atoms with van der Waals surface area (Å²) in [5.41, 5.74) is 4.90. The lowest BCUT2D eigenvalue weighted by molar-refractivity contribution is 0.186. The number of rotatable bonds is 3. The summed E-state index contributed by atoms with van der Waals surface area (Å²) in [6, 6.07) is 19.2. The zero-order chi connectivity index (χ0) is 18.1. The van der Waals surface area contributed by atoms with Crippen LogP contribution >= 0.6 is 0 Å². The van der Waals surface area contributed by atoms with E-state index in [1.165, 1.54) is 41.3 Å². The van der Waals surface area contributed by atoms with Crippen molar-refractivity contribution in [2.24, 2.45) is 0 Å². The summed E-state index contributed by atoms with van der Waals surface area (Å²) in [5.74, 6) is 0.401. The average molecular weight is 345 g/mol. The molecule has 2 heteroatoms. The van der Waals surface area contributed by atoms with Crippen LogP contribution in [0.15, 0.2) is 54.6 Å². The molecule has 1 aliphatic rings. The second-order valence-electron chi connectivity index (χ2n) is 7.64. The number of hydrogen-bond donors (Lipinski definition) is 1. The Hall–Kier alpha value is -2.32.